The second kappa shape index (κ2) is 9.06. The van der Waals surface area contributed by atoms with Gasteiger partial charge in [0, 0.05) is 56.4 Å². The Hall–Kier alpha value is -2.58. The van der Waals surface area contributed by atoms with Gasteiger partial charge in [-0.1, -0.05) is 24.3 Å². The van der Waals surface area contributed by atoms with Crippen LogP contribution in [0.25, 0.3) is 21.9 Å². The van der Waals surface area contributed by atoms with Crippen molar-refractivity contribution in [2.24, 2.45) is 0 Å². The van der Waals surface area contributed by atoms with Crippen molar-refractivity contribution in [3.63, 3.8) is 0 Å². The Labute approximate surface area is 176 Å². The Bertz CT molecular complexity index is 1020. The van der Waals surface area contributed by atoms with E-state index in [9.17, 15) is 9.50 Å². The number of nitrogens with zero attached hydrogens (tertiary/aromatic N) is 3. The van der Waals surface area contributed by atoms with Crippen LogP contribution in [0.4, 0.5) is 10.2 Å². The summed E-state index contributed by atoms with van der Waals surface area (Å²) < 4.78 is 13.6. The van der Waals surface area contributed by atoms with Crippen molar-refractivity contribution in [3.8, 4) is 11.1 Å². The zero-order valence-electron chi connectivity index (χ0n) is 17.2. The molecule has 6 nitrogen and oxygen atoms in total. The van der Waals surface area contributed by atoms with E-state index in [0.29, 0.717) is 17.9 Å². The van der Waals surface area contributed by atoms with E-state index in [1.54, 1.807) is 12.3 Å². The van der Waals surface area contributed by atoms with Crippen molar-refractivity contribution in [3.05, 3.63) is 60.0 Å². The molecule has 4 rings (SSSR count). The highest BCUT2D eigenvalue weighted by Gasteiger charge is 2.16. The van der Waals surface area contributed by atoms with E-state index in [-0.39, 0.29) is 5.82 Å². The average molecular weight is 410 g/mol. The van der Waals surface area contributed by atoms with Crippen LogP contribution in [-0.2, 0) is 0 Å². The van der Waals surface area contributed by atoms with Crippen LogP contribution in [0.5, 0.6) is 0 Å². The van der Waals surface area contributed by atoms with E-state index in [1.165, 1.54) is 12.1 Å². The first-order valence-electron chi connectivity index (χ1n) is 10.3. The number of hydrogen-bond donors (Lipinski definition) is 3. The first-order chi connectivity index (χ1) is 14.5. The molecular formula is C23H28FN5O. The summed E-state index contributed by atoms with van der Waals surface area (Å²) in [6, 6.07) is 12.2. The fourth-order valence-electron chi connectivity index (χ4n) is 3.89. The fraction of sp³-hybridized carbons (Fsp3) is 0.348. The van der Waals surface area contributed by atoms with Gasteiger partial charge in [0.25, 0.3) is 0 Å². The number of anilines is 1. The van der Waals surface area contributed by atoms with Crippen LogP contribution < -0.4 is 11.1 Å². The molecule has 158 valence electrons. The maximum Gasteiger partial charge on any atom is 0.133 e. The largest absolute Gasteiger partial charge is 0.383 e. The number of pyridine rings is 1. The smallest absolute Gasteiger partial charge is 0.133 e. The number of aromatic nitrogens is 1. The lowest BCUT2D eigenvalue weighted by atomic mass is 9.99. The van der Waals surface area contributed by atoms with Crippen molar-refractivity contribution in [2.75, 3.05) is 52.0 Å². The number of nitrogens with two attached hydrogens (primary N) is 1. The van der Waals surface area contributed by atoms with Crippen LogP contribution in [0.15, 0.2) is 48.7 Å². The summed E-state index contributed by atoms with van der Waals surface area (Å²) in [4.78, 5) is 8.99. The number of aliphatic hydroxyl groups is 1. The monoisotopic (exact) mass is 409 g/mol. The summed E-state index contributed by atoms with van der Waals surface area (Å²) in [5, 5.41) is 15.5. The number of rotatable bonds is 6. The van der Waals surface area contributed by atoms with Gasteiger partial charge >= 0.3 is 0 Å². The van der Waals surface area contributed by atoms with Crippen molar-refractivity contribution in [1.82, 2.24) is 20.1 Å². The van der Waals surface area contributed by atoms with Crippen LogP contribution in [0.1, 0.15) is 11.8 Å². The summed E-state index contributed by atoms with van der Waals surface area (Å²) in [6.45, 7) is 5.80. The molecule has 0 radical (unpaired) electrons. The van der Waals surface area contributed by atoms with Crippen LogP contribution in [0.3, 0.4) is 0 Å². The highest BCUT2D eigenvalue weighted by molar-refractivity contribution is 5.96. The Morgan fingerprint density at radius 3 is 2.63 bits per heavy atom. The molecule has 0 bridgehead atoms. The molecule has 1 aromatic heterocycles. The molecule has 1 aliphatic rings. The molecule has 0 spiro atoms. The topological polar surface area (TPSA) is 77.6 Å². The third kappa shape index (κ3) is 4.60. The normalized spacial score (nSPS) is 16.8. The number of halogens is 1. The molecular weight excluding hydrogens is 381 g/mol. The predicted molar refractivity (Wildman–Crippen MR) is 118 cm³/mol. The molecule has 1 aliphatic heterocycles. The molecule has 3 aromatic rings. The molecule has 1 unspecified atom stereocenters. The fourth-order valence-corrected chi connectivity index (χ4v) is 3.89. The molecule has 2 heterocycles. The lowest BCUT2D eigenvalue weighted by Crippen LogP contribution is -2.46. The van der Waals surface area contributed by atoms with E-state index in [2.05, 4.69) is 27.1 Å². The third-order valence-electron chi connectivity index (χ3n) is 5.76. The van der Waals surface area contributed by atoms with Crippen molar-refractivity contribution >= 4 is 16.6 Å². The molecule has 2 aromatic carbocycles. The van der Waals surface area contributed by atoms with E-state index in [1.807, 2.05) is 24.3 Å². The first-order valence-corrected chi connectivity index (χ1v) is 10.3. The highest BCUT2D eigenvalue weighted by atomic mass is 19.1. The van der Waals surface area contributed by atoms with Gasteiger partial charge in [-0.15, -0.1) is 0 Å². The van der Waals surface area contributed by atoms with Gasteiger partial charge in [0.15, 0.2) is 0 Å². The van der Waals surface area contributed by atoms with Gasteiger partial charge in [-0.05, 0) is 41.8 Å². The number of likely N-dealkylation sites (N-methyl/N-ethyl adjacent to an activating group) is 1. The van der Waals surface area contributed by atoms with E-state index >= 15 is 0 Å². The Kier molecular flexibility index (Phi) is 6.24. The van der Waals surface area contributed by atoms with Gasteiger partial charge in [0.05, 0.1) is 0 Å². The number of hydrogen-bond acceptors (Lipinski definition) is 6. The number of benzene rings is 2. The standard InChI is InChI=1S/C23H28FN5O/c1-28-9-11-29(12-10-28)8-7-26-23(30)21-15-27-22(25)20-14-17(5-6-19(20)21)16-3-2-4-18(24)13-16/h2-6,13-15,23,26,30H,7-12H2,1H3,(H2,25,27). The SMILES string of the molecule is CN1CCN(CCNC(O)c2cnc(N)c3cc(-c4cccc(F)c4)ccc23)CC1. The second-order valence-electron chi connectivity index (χ2n) is 7.87. The lowest BCUT2D eigenvalue weighted by molar-refractivity contribution is 0.120. The van der Waals surface area contributed by atoms with E-state index in [0.717, 1.165) is 54.6 Å². The molecule has 30 heavy (non-hydrogen) atoms. The number of nitrogen functional groups attached to an aromatic ring is 1. The molecule has 0 saturated carbocycles. The predicted octanol–water partition coefficient (Wildman–Crippen LogP) is 2.45. The second-order valence-corrected chi connectivity index (χ2v) is 7.87. The minimum atomic E-state index is -0.840. The number of fused-ring (bicyclic) bond motifs is 1. The zero-order valence-corrected chi connectivity index (χ0v) is 17.2. The van der Waals surface area contributed by atoms with Crippen molar-refractivity contribution < 1.29 is 9.50 Å². The Balaban J connectivity index is 1.50. The van der Waals surface area contributed by atoms with Gasteiger partial charge in [-0.25, -0.2) is 9.37 Å². The molecule has 1 saturated heterocycles. The molecule has 1 atom stereocenters. The van der Waals surface area contributed by atoms with Crippen molar-refractivity contribution in [2.45, 2.75) is 6.23 Å². The quantitative estimate of drug-likeness (QED) is 0.543. The maximum atomic E-state index is 13.6. The summed E-state index contributed by atoms with van der Waals surface area (Å²) in [5.41, 5.74) is 8.42. The first kappa shape index (κ1) is 20.7. The van der Waals surface area contributed by atoms with Crippen LogP contribution in [-0.4, -0.2) is 66.2 Å². The minimum absolute atomic E-state index is 0.285. The molecule has 0 aliphatic carbocycles. The number of nitrogens with one attached hydrogen (secondary N) is 1. The van der Waals surface area contributed by atoms with Crippen molar-refractivity contribution in [1.29, 1.82) is 0 Å². The van der Waals surface area contributed by atoms with Crippen LogP contribution >= 0.6 is 0 Å². The third-order valence-corrected chi connectivity index (χ3v) is 5.76. The summed E-state index contributed by atoms with van der Waals surface area (Å²) in [5.74, 6) is 0.101. The van der Waals surface area contributed by atoms with Gasteiger partial charge in [0.1, 0.15) is 17.9 Å². The summed E-state index contributed by atoms with van der Waals surface area (Å²) in [6.07, 6.45) is 0.778. The van der Waals surface area contributed by atoms with Gasteiger partial charge in [-0.3, -0.25) is 10.2 Å². The van der Waals surface area contributed by atoms with Gasteiger partial charge in [0.2, 0.25) is 0 Å². The molecule has 1 fully saturated rings. The van der Waals surface area contributed by atoms with Crippen LogP contribution in [0.2, 0.25) is 0 Å². The van der Waals surface area contributed by atoms with Crippen LogP contribution in [0, 0.1) is 5.82 Å². The van der Waals surface area contributed by atoms with Gasteiger partial charge in [-0.2, -0.15) is 0 Å². The van der Waals surface area contributed by atoms with Gasteiger partial charge < -0.3 is 15.7 Å². The Morgan fingerprint density at radius 2 is 1.87 bits per heavy atom. The maximum absolute atomic E-state index is 13.6. The lowest BCUT2D eigenvalue weighted by Gasteiger charge is -2.32. The number of aliphatic hydroxyl groups excluding tert-OH is 1. The molecule has 0 amide bonds. The minimum Gasteiger partial charge on any atom is -0.383 e. The molecule has 7 heteroatoms. The summed E-state index contributed by atoms with van der Waals surface area (Å²) in [7, 11) is 2.14. The van der Waals surface area contributed by atoms with E-state index in [4.69, 9.17) is 5.73 Å². The highest BCUT2D eigenvalue weighted by Crippen LogP contribution is 2.31. The Morgan fingerprint density at radius 1 is 1.10 bits per heavy atom. The zero-order chi connectivity index (χ0) is 21.1. The molecule has 4 N–H and O–H groups in total. The summed E-state index contributed by atoms with van der Waals surface area (Å²) >= 11 is 0. The van der Waals surface area contributed by atoms with E-state index < -0.39 is 6.23 Å². The average Bonchev–Trinajstić information content (AvgIpc) is 2.75. The number of piperazine rings is 1.